The third-order valence-electron chi connectivity index (χ3n) is 8.69. The molecule has 0 heterocycles. The highest BCUT2D eigenvalue weighted by atomic mass is 16.5. The van der Waals surface area contributed by atoms with Gasteiger partial charge in [0.05, 0.1) is 24.1 Å². The fraction of sp³-hybridized carbons (Fsp3) is 0.533. The highest BCUT2D eigenvalue weighted by molar-refractivity contribution is 6.32. The fourth-order valence-electron chi connectivity index (χ4n) is 6.72. The molecule has 226 valence electrons. The Balaban J connectivity index is 1.81. The van der Waals surface area contributed by atoms with Gasteiger partial charge < -0.3 is 25.6 Å². The number of aromatic hydroxyl groups is 1. The number of primary amides is 1. The summed E-state index contributed by atoms with van der Waals surface area (Å²) < 4.78 is 5.12. The van der Waals surface area contributed by atoms with Gasteiger partial charge in [-0.1, -0.05) is 13.3 Å². The zero-order valence-corrected chi connectivity index (χ0v) is 24.4. The minimum Gasteiger partial charge on any atom is -0.507 e. The number of hydrogen-bond donors (Lipinski definition) is 3. The van der Waals surface area contributed by atoms with E-state index in [0.717, 1.165) is 12.5 Å². The van der Waals surface area contributed by atoms with Crippen molar-refractivity contribution >= 4 is 46.8 Å². The summed E-state index contributed by atoms with van der Waals surface area (Å²) in [6.45, 7) is 2.19. The van der Waals surface area contributed by atoms with Gasteiger partial charge in [0.2, 0.25) is 5.91 Å². The van der Waals surface area contributed by atoms with Gasteiger partial charge in [0, 0.05) is 37.3 Å². The van der Waals surface area contributed by atoms with E-state index in [2.05, 4.69) is 0 Å². The third-order valence-corrected chi connectivity index (χ3v) is 8.69. The van der Waals surface area contributed by atoms with Crippen molar-refractivity contribution in [3.05, 3.63) is 28.8 Å². The maximum Gasteiger partial charge on any atom is 0.330 e. The number of carbonyl (C=O) groups is 6. The van der Waals surface area contributed by atoms with Crippen molar-refractivity contribution in [2.45, 2.75) is 44.2 Å². The van der Waals surface area contributed by atoms with Crippen LogP contribution in [-0.4, -0.2) is 96.6 Å². The number of likely N-dealkylation sites (N-methyl/N-ethyl adjacent to an activating group) is 1. The van der Waals surface area contributed by atoms with Crippen LogP contribution >= 0.6 is 0 Å². The maximum atomic E-state index is 14.0. The molecule has 3 aliphatic carbocycles. The summed E-state index contributed by atoms with van der Waals surface area (Å²) in [4.78, 5) is 82.1. The van der Waals surface area contributed by atoms with Crippen molar-refractivity contribution < 1.29 is 43.7 Å². The Morgan fingerprint density at radius 2 is 1.81 bits per heavy atom. The number of nitrogens with two attached hydrogens (primary N) is 1. The molecule has 2 saturated carbocycles. The van der Waals surface area contributed by atoms with Crippen LogP contribution in [0.2, 0.25) is 0 Å². The maximum absolute atomic E-state index is 14.0. The zero-order chi connectivity index (χ0) is 31.3. The van der Waals surface area contributed by atoms with E-state index in [1.54, 1.807) is 25.1 Å². The molecular weight excluding hydrogens is 546 g/mol. The number of rotatable bonds is 8. The fourth-order valence-corrected chi connectivity index (χ4v) is 6.72. The summed E-state index contributed by atoms with van der Waals surface area (Å²) in [7, 11) is 6.55. The quantitative estimate of drug-likeness (QED) is 0.165. The minimum atomic E-state index is -2.80. The zero-order valence-electron chi connectivity index (χ0n) is 24.4. The Kier molecular flexibility index (Phi) is 8.43. The number of hydrogen-bond acceptors (Lipinski definition) is 11. The SMILES string of the molecule is CCCCOC(=O)C=Cc1cc(N(C)C)c2c(c1O)C(=O)C1C(=O)[C@]3(O)C(=O)C(C(N)=O)C(=O)[C@@H](N(C)C)[C@@H]3C[C@@H]1C2. The van der Waals surface area contributed by atoms with Gasteiger partial charge in [0.1, 0.15) is 5.75 Å². The van der Waals surface area contributed by atoms with Crippen LogP contribution in [0.25, 0.3) is 6.08 Å². The lowest BCUT2D eigenvalue weighted by molar-refractivity contribution is -0.181. The summed E-state index contributed by atoms with van der Waals surface area (Å²) >= 11 is 0. The second-order valence-electron chi connectivity index (χ2n) is 11.7. The summed E-state index contributed by atoms with van der Waals surface area (Å²) in [5, 5.41) is 23.0. The molecule has 2 unspecified atom stereocenters. The van der Waals surface area contributed by atoms with Crippen molar-refractivity contribution in [2.75, 3.05) is 39.7 Å². The van der Waals surface area contributed by atoms with E-state index >= 15 is 0 Å². The first-order valence-corrected chi connectivity index (χ1v) is 13.9. The van der Waals surface area contributed by atoms with Gasteiger partial charge in [-0.25, -0.2) is 4.79 Å². The molecule has 0 aliphatic heterocycles. The van der Waals surface area contributed by atoms with Gasteiger partial charge in [0.25, 0.3) is 0 Å². The molecule has 0 radical (unpaired) electrons. The van der Waals surface area contributed by atoms with E-state index in [0.29, 0.717) is 17.7 Å². The molecule has 12 heteroatoms. The van der Waals surface area contributed by atoms with Crippen LogP contribution < -0.4 is 10.6 Å². The van der Waals surface area contributed by atoms with Crippen molar-refractivity contribution in [1.82, 2.24) is 4.90 Å². The number of phenols is 1. The molecule has 4 N–H and O–H groups in total. The van der Waals surface area contributed by atoms with Crippen molar-refractivity contribution in [3.8, 4) is 5.75 Å². The van der Waals surface area contributed by atoms with Crippen LogP contribution in [0.5, 0.6) is 5.75 Å². The average Bonchev–Trinajstić information content (AvgIpc) is 2.89. The van der Waals surface area contributed by atoms with Crippen LogP contribution in [-0.2, 0) is 35.1 Å². The van der Waals surface area contributed by atoms with Gasteiger partial charge in [0.15, 0.2) is 34.7 Å². The van der Waals surface area contributed by atoms with Crippen molar-refractivity contribution in [2.24, 2.45) is 29.4 Å². The van der Waals surface area contributed by atoms with E-state index in [1.165, 1.54) is 25.1 Å². The normalized spacial score (nSPS) is 28.9. The number of unbranched alkanes of at least 4 members (excludes halogenated alkanes) is 1. The van der Waals surface area contributed by atoms with Gasteiger partial charge in [-0.2, -0.15) is 0 Å². The largest absolute Gasteiger partial charge is 0.507 e. The van der Waals surface area contributed by atoms with E-state index in [9.17, 15) is 39.0 Å². The van der Waals surface area contributed by atoms with Crippen LogP contribution in [0.3, 0.4) is 0 Å². The van der Waals surface area contributed by atoms with Crippen LogP contribution in [0, 0.1) is 23.7 Å². The molecule has 4 rings (SSSR count). The van der Waals surface area contributed by atoms with Gasteiger partial charge in [-0.05, 0) is 57.0 Å². The molecule has 0 spiro atoms. The molecule has 42 heavy (non-hydrogen) atoms. The minimum absolute atomic E-state index is 0.0389. The molecule has 2 fully saturated rings. The Bertz CT molecular complexity index is 1400. The van der Waals surface area contributed by atoms with Gasteiger partial charge >= 0.3 is 5.97 Å². The number of phenolic OH excluding ortho intramolecular Hbond substituents is 1. The van der Waals surface area contributed by atoms with E-state index in [1.807, 2.05) is 6.92 Å². The predicted octanol–water partition coefficient (Wildman–Crippen LogP) is 0.290. The summed E-state index contributed by atoms with van der Waals surface area (Å²) in [6, 6.07) is 0.449. The number of fused-ring (bicyclic) bond motifs is 3. The number of ether oxygens (including phenoxy) is 1. The number of Topliss-reactive ketones (excluding diaryl/α,β-unsaturated/α-hetero) is 4. The van der Waals surface area contributed by atoms with E-state index in [4.69, 9.17) is 10.5 Å². The van der Waals surface area contributed by atoms with E-state index < -0.39 is 76.1 Å². The standard InChI is InChI=1S/C30H37N3O9/c1-6-7-10-42-19(34)9-8-14-13-18(32(2)3)16-11-15-12-17-23(33(4)5)26(37)22(29(31)40)28(39)30(17,41)27(38)20(15)25(36)21(16)24(14)35/h8-9,13,15,17,20,22-23,35,41H,6-7,10-12H2,1-5H3,(H2,31,40)/t15-,17-,20?,22?,23-,30-/m0/s1. The average molecular weight is 584 g/mol. The molecule has 0 saturated heterocycles. The number of nitrogens with zero attached hydrogens (tertiary/aromatic N) is 2. The molecule has 1 aromatic rings. The lowest BCUT2D eigenvalue weighted by Crippen LogP contribution is -2.74. The molecule has 0 aromatic heterocycles. The first-order valence-electron chi connectivity index (χ1n) is 13.9. The molecular formula is C30H37N3O9. The smallest absolute Gasteiger partial charge is 0.330 e. The number of esters is 1. The first kappa shape index (κ1) is 31.0. The monoisotopic (exact) mass is 583 g/mol. The topological polar surface area (TPSA) is 185 Å². The van der Waals surface area contributed by atoms with Crippen LogP contribution in [0.1, 0.15) is 47.7 Å². The Hall–Kier alpha value is -3.90. The number of aliphatic hydroxyl groups is 1. The number of amides is 1. The number of anilines is 1. The second kappa shape index (κ2) is 11.4. The second-order valence-corrected chi connectivity index (χ2v) is 11.7. The number of ketones is 4. The molecule has 3 aliphatic rings. The molecule has 6 atom stereocenters. The highest BCUT2D eigenvalue weighted by Crippen LogP contribution is 2.52. The number of benzene rings is 1. The summed E-state index contributed by atoms with van der Waals surface area (Å²) in [5.41, 5.74) is 3.59. The van der Waals surface area contributed by atoms with Crippen molar-refractivity contribution in [1.29, 1.82) is 0 Å². The van der Waals surface area contributed by atoms with Gasteiger partial charge in [-0.3, -0.25) is 28.9 Å². The van der Waals surface area contributed by atoms with Crippen LogP contribution in [0.4, 0.5) is 5.69 Å². The Labute approximate surface area is 243 Å². The highest BCUT2D eigenvalue weighted by Gasteiger charge is 2.69. The molecule has 12 nitrogen and oxygen atoms in total. The molecule has 1 aromatic carbocycles. The Morgan fingerprint density at radius 3 is 2.38 bits per heavy atom. The van der Waals surface area contributed by atoms with Gasteiger partial charge in [-0.15, -0.1) is 0 Å². The lowest BCUT2D eigenvalue weighted by Gasteiger charge is -2.52. The summed E-state index contributed by atoms with van der Waals surface area (Å²) in [5.74, 6) is -11.8. The van der Waals surface area contributed by atoms with Crippen LogP contribution in [0.15, 0.2) is 12.1 Å². The van der Waals surface area contributed by atoms with E-state index in [-0.39, 0.29) is 30.6 Å². The molecule has 1 amide bonds. The predicted molar refractivity (Wildman–Crippen MR) is 151 cm³/mol. The lowest BCUT2D eigenvalue weighted by atomic mass is 9.52. The third kappa shape index (κ3) is 4.82. The number of carbonyl (C=O) groups excluding carboxylic acids is 6. The molecule has 0 bridgehead atoms. The summed E-state index contributed by atoms with van der Waals surface area (Å²) in [6.07, 6.45) is 4.08. The van der Waals surface area contributed by atoms with Crippen molar-refractivity contribution in [3.63, 3.8) is 0 Å². The Morgan fingerprint density at radius 1 is 1.14 bits per heavy atom. The first-order chi connectivity index (χ1) is 19.7.